The molecule has 0 amide bonds. The van der Waals surface area contributed by atoms with Gasteiger partial charge in [0.15, 0.2) is 0 Å². The van der Waals surface area contributed by atoms with E-state index in [9.17, 15) is 0 Å². The largest absolute Gasteiger partial charge is 0.330 e. The van der Waals surface area contributed by atoms with Gasteiger partial charge in [0.2, 0.25) is 0 Å². The fraction of sp³-hybridized carbons (Fsp3) is 0.158. The van der Waals surface area contributed by atoms with E-state index in [1.54, 1.807) is 0 Å². The van der Waals surface area contributed by atoms with Gasteiger partial charge in [-0.2, -0.15) is 0 Å². The van der Waals surface area contributed by atoms with Crippen molar-refractivity contribution in [3.63, 3.8) is 0 Å². The third-order valence-electron chi connectivity index (χ3n) is 3.71. The van der Waals surface area contributed by atoms with Crippen molar-refractivity contribution in [2.24, 2.45) is 5.73 Å². The average molecular weight is 261 g/mol. The second-order valence-corrected chi connectivity index (χ2v) is 5.15. The summed E-state index contributed by atoms with van der Waals surface area (Å²) in [6, 6.07) is 23.9. The Morgan fingerprint density at radius 1 is 0.700 bits per heavy atom. The highest BCUT2D eigenvalue weighted by molar-refractivity contribution is 5.87. The first-order chi connectivity index (χ1) is 9.86. The van der Waals surface area contributed by atoms with E-state index in [1.807, 2.05) is 0 Å². The van der Waals surface area contributed by atoms with Gasteiger partial charge in [0.05, 0.1) is 0 Å². The van der Waals surface area contributed by atoms with Crippen molar-refractivity contribution in [3.8, 4) is 11.1 Å². The molecule has 1 heteroatoms. The average Bonchev–Trinajstić information content (AvgIpc) is 2.53. The number of benzene rings is 3. The third kappa shape index (κ3) is 2.73. The highest BCUT2D eigenvalue weighted by atomic mass is 14.5. The number of aryl methyl sites for hydroxylation is 1. The minimum Gasteiger partial charge on any atom is -0.330 e. The predicted octanol–water partition coefficient (Wildman–Crippen LogP) is 4.40. The molecule has 0 saturated heterocycles. The molecule has 0 atom stereocenters. The monoisotopic (exact) mass is 261 g/mol. The predicted molar refractivity (Wildman–Crippen MR) is 86.8 cm³/mol. The summed E-state index contributed by atoms with van der Waals surface area (Å²) in [7, 11) is 0. The maximum Gasteiger partial charge on any atom is -0.00741 e. The molecule has 0 saturated carbocycles. The Hall–Kier alpha value is -2.12. The summed E-state index contributed by atoms with van der Waals surface area (Å²) in [5.74, 6) is 0. The van der Waals surface area contributed by atoms with Crippen LogP contribution in [0.15, 0.2) is 66.7 Å². The maximum atomic E-state index is 5.55. The van der Waals surface area contributed by atoms with Gasteiger partial charge in [-0.1, -0.05) is 60.7 Å². The summed E-state index contributed by atoms with van der Waals surface area (Å²) in [6.45, 7) is 0.756. The van der Waals surface area contributed by atoms with Crippen LogP contribution in [0.25, 0.3) is 21.9 Å². The SMILES string of the molecule is NCCCc1ccc(-c2ccc3ccccc3c2)cc1. The molecule has 2 N–H and O–H groups in total. The van der Waals surface area contributed by atoms with E-state index in [1.165, 1.54) is 27.5 Å². The van der Waals surface area contributed by atoms with E-state index in [4.69, 9.17) is 5.73 Å². The van der Waals surface area contributed by atoms with Crippen molar-refractivity contribution < 1.29 is 0 Å². The lowest BCUT2D eigenvalue weighted by atomic mass is 9.99. The zero-order valence-electron chi connectivity index (χ0n) is 11.5. The summed E-state index contributed by atoms with van der Waals surface area (Å²) < 4.78 is 0. The van der Waals surface area contributed by atoms with Gasteiger partial charge in [-0.05, 0) is 52.9 Å². The molecule has 1 nitrogen and oxygen atoms in total. The summed E-state index contributed by atoms with van der Waals surface area (Å²) >= 11 is 0. The highest BCUT2D eigenvalue weighted by Gasteiger charge is 2.00. The van der Waals surface area contributed by atoms with E-state index in [0.717, 1.165) is 19.4 Å². The van der Waals surface area contributed by atoms with Gasteiger partial charge in [0.25, 0.3) is 0 Å². The van der Waals surface area contributed by atoms with Crippen LogP contribution >= 0.6 is 0 Å². The van der Waals surface area contributed by atoms with Crippen LogP contribution in [0.2, 0.25) is 0 Å². The zero-order chi connectivity index (χ0) is 13.8. The maximum absolute atomic E-state index is 5.55. The number of nitrogens with two attached hydrogens (primary N) is 1. The van der Waals surface area contributed by atoms with Gasteiger partial charge in [0.1, 0.15) is 0 Å². The Balaban J connectivity index is 1.90. The van der Waals surface area contributed by atoms with Gasteiger partial charge in [-0.3, -0.25) is 0 Å². The Bertz CT molecular complexity index is 698. The first-order valence-electron chi connectivity index (χ1n) is 7.15. The van der Waals surface area contributed by atoms with E-state index in [0.29, 0.717) is 0 Å². The summed E-state index contributed by atoms with van der Waals surface area (Å²) in [4.78, 5) is 0. The topological polar surface area (TPSA) is 26.0 Å². The molecular formula is C19H19N. The lowest BCUT2D eigenvalue weighted by Gasteiger charge is -2.06. The van der Waals surface area contributed by atoms with Crippen molar-refractivity contribution in [1.29, 1.82) is 0 Å². The molecule has 3 aromatic carbocycles. The van der Waals surface area contributed by atoms with Crippen molar-refractivity contribution >= 4 is 10.8 Å². The normalized spacial score (nSPS) is 10.8. The Kier molecular flexibility index (Phi) is 3.80. The highest BCUT2D eigenvalue weighted by Crippen LogP contribution is 2.24. The summed E-state index contributed by atoms with van der Waals surface area (Å²) in [5.41, 5.74) is 9.45. The molecule has 0 aliphatic rings. The molecule has 0 bridgehead atoms. The number of hydrogen-bond donors (Lipinski definition) is 1. The van der Waals surface area contributed by atoms with E-state index in [2.05, 4.69) is 66.7 Å². The quantitative estimate of drug-likeness (QED) is 0.740. The van der Waals surface area contributed by atoms with Gasteiger partial charge in [-0.25, -0.2) is 0 Å². The summed E-state index contributed by atoms with van der Waals surface area (Å²) in [5, 5.41) is 2.58. The first-order valence-corrected chi connectivity index (χ1v) is 7.15. The van der Waals surface area contributed by atoms with Crippen LogP contribution in [0.5, 0.6) is 0 Å². The van der Waals surface area contributed by atoms with E-state index < -0.39 is 0 Å². The first kappa shape index (κ1) is 12.9. The van der Waals surface area contributed by atoms with Crippen molar-refractivity contribution in [2.75, 3.05) is 6.54 Å². The van der Waals surface area contributed by atoms with Gasteiger partial charge in [-0.15, -0.1) is 0 Å². The lowest BCUT2D eigenvalue weighted by Crippen LogP contribution is -2.00. The van der Waals surface area contributed by atoms with Crippen LogP contribution in [-0.4, -0.2) is 6.54 Å². The molecule has 3 rings (SSSR count). The molecular weight excluding hydrogens is 242 g/mol. The van der Waals surface area contributed by atoms with Gasteiger partial charge >= 0.3 is 0 Å². The Morgan fingerprint density at radius 3 is 2.15 bits per heavy atom. The van der Waals surface area contributed by atoms with Crippen molar-refractivity contribution in [2.45, 2.75) is 12.8 Å². The van der Waals surface area contributed by atoms with Crippen LogP contribution in [0.4, 0.5) is 0 Å². The van der Waals surface area contributed by atoms with Gasteiger partial charge in [0, 0.05) is 0 Å². The minimum atomic E-state index is 0.756. The molecule has 0 spiro atoms. The van der Waals surface area contributed by atoms with E-state index in [-0.39, 0.29) is 0 Å². The fourth-order valence-electron chi connectivity index (χ4n) is 2.54. The number of fused-ring (bicyclic) bond motifs is 1. The van der Waals surface area contributed by atoms with Crippen LogP contribution in [0, 0.1) is 0 Å². The standard InChI is InChI=1S/C19H19N/c20-13-3-4-15-7-9-17(10-8-15)19-12-11-16-5-1-2-6-18(16)14-19/h1-2,5-12,14H,3-4,13,20H2. The van der Waals surface area contributed by atoms with Crippen LogP contribution in [0.3, 0.4) is 0 Å². The fourth-order valence-corrected chi connectivity index (χ4v) is 2.54. The number of hydrogen-bond acceptors (Lipinski definition) is 1. The Morgan fingerprint density at radius 2 is 1.40 bits per heavy atom. The van der Waals surface area contributed by atoms with Crippen LogP contribution in [-0.2, 0) is 6.42 Å². The number of rotatable bonds is 4. The van der Waals surface area contributed by atoms with Crippen LogP contribution in [0.1, 0.15) is 12.0 Å². The molecule has 0 aliphatic heterocycles. The smallest absolute Gasteiger partial charge is 0.00741 e. The second-order valence-electron chi connectivity index (χ2n) is 5.15. The van der Waals surface area contributed by atoms with Gasteiger partial charge < -0.3 is 5.73 Å². The molecule has 3 aromatic rings. The molecule has 100 valence electrons. The third-order valence-corrected chi connectivity index (χ3v) is 3.71. The van der Waals surface area contributed by atoms with E-state index >= 15 is 0 Å². The molecule has 0 unspecified atom stereocenters. The molecule has 20 heavy (non-hydrogen) atoms. The molecule has 0 aromatic heterocycles. The molecule has 0 fully saturated rings. The molecule has 0 radical (unpaired) electrons. The zero-order valence-corrected chi connectivity index (χ0v) is 11.5. The molecule has 0 heterocycles. The minimum absolute atomic E-state index is 0.756. The summed E-state index contributed by atoms with van der Waals surface area (Å²) in [6.07, 6.45) is 2.11. The molecule has 0 aliphatic carbocycles. The lowest BCUT2D eigenvalue weighted by molar-refractivity contribution is 0.833. The van der Waals surface area contributed by atoms with Crippen molar-refractivity contribution in [3.05, 3.63) is 72.3 Å². The van der Waals surface area contributed by atoms with Crippen molar-refractivity contribution in [1.82, 2.24) is 0 Å². The second kappa shape index (κ2) is 5.89. The Labute approximate surface area is 120 Å². The van der Waals surface area contributed by atoms with Crippen LogP contribution < -0.4 is 5.73 Å².